The molecule has 25 heavy (non-hydrogen) atoms. The predicted molar refractivity (Wildman–Crippen MR) is 95.1 cm³/mol. The number of hydrogen-bond donors (Lipinski definition) is 3. The van der Waals surface area contributed by atoms with Gasteiger partial charge in [-0.2, -0.15) is 0 Å². The van der Waals surface area contributed by atoms with E-state index in [1.807, 2.05) is 0 Å². The second kappa shape index (κ2) is 7.50. The molecule has 8 heteroatoms. The number of rotatable bonds is 3. The first-order valence-corrected chi connectivity index (χ1v) is 8.52. The van der Waals surface area contributed by atoms with Gasteiger partial charge in [-0.05, 0) is 25.0 Å². The fourth-order valence-electron chi connectivity index (χ4n) is 3.56. The minimum atomic E-state index is -0.154. The number of anilines is 1. The van der Waals surface area contributed by atoms with E-state index in [4.69, 9.17) is 0 Å². The van der Waals surface area contributed by atoms with Crippen LogP contribution >= 0.6 is 0 Å². The van der Waals surface area contributed by atoms with E-state index < -0.39 is 0 Å². The van der Waals surface area contributed by atoms with Crippen LogP contribution in [0.4, 0.5) is 5.69 Å². The van der Waals surface area contributed by atoms with Gasteiger partial charge in [0.15, 0.2) is 5.96 Å². The van der Waals surface area contributed by atoms with Crippen LogP contribution in [0.2, 0.25) is 0 Å². The maximum atomic E-state index is 12.1. The van der Waals surface area contributed by atoms with Gasteiger partial charge in [0.2, 0.25) is 11.8 Å². The minimum Gasteiger partial charge on any atom is -0.355 e. The lowest BCUT2D eigenvalue weighted by molar-refractivity contribution is -0.120. The molecule has 0 radical (unpaired) electrons. The fourth-order valence-corrected chi connectivity index (χ4v) is 3.56. The molecule has 1 spiro atoms. The Hall–Kier alpha value is -2.64. The Bertz CT molecular complexity index is 662. The van der Waals surface area contributed by atoms with Crippen LogP contribution < -0.4 is 16.0 Å². The molecule has 1 atom stereocenters. The number of hydrogen-bond acceptors (Lipinski definition) is 4. The monoisotopic (exact) mass is 344 g/mol. The number of nitrogens with one attached hydrogen (secondary N) is 3. The first-order valence-electron chi connectivity index (χ1n) is 8.52. The van der Waals surface area contributed by atoms with E-state index in [0.29, 0.717) is 18.1 Å². The SMILES string of the molecule is CN=C(NCC(=O)Nc1cccnc1)N1CCCC2(CNC(=O)C2)C1. The summed E-state index contributed by atoms with van der Waals surface area (Å²) in [5.41, 5.74) is 0.655. The molecule has 8 nitrogen and oxygen atoms in total. The normalized spacial score (nSPS) is 23.5. The molecule has 0 saturated carbocycles. The van der Waals surface area contributed by atoms with Crippen molar-refractivity contribution in [2.24, 2.45) is 10.4 Å². The zero-order valence-electron chi connectivity index (χ0n) is 14.4. The number of pyridine rings is 1. The summed E-state index contributed by atoms with van der Waals surface area (Å²) < 4.78 is 0. The van der Waals surface area contributed by atoms with Crippen LogP contribution in [0.1, 0.15) is 19.3 Å². The van der Waals surface area contributed by atoms with E-state index in [0.717, 1.165) is 32.5 Å². The number of carbonyl (C=O) groups is 2. The number of likely N-dealkylation sites (tertiary alicyclic amines) is 1. The van der Waals surface area contributed by atoms with E-state index in [-0.39, 0.29) is 23.8 Å². The molecule has 2 fully saturated rings. The largest absolute Gasteiger partial charge is 0.355 e. The topological polar surface area (TPSA) is 98.7 Å². The summed E-state index contributed by atoms with van der Waals surface area (Å²) >= 11 is 0. The Morgan fingerprint density at radius 1 is 1.52 bits per heavy atom. The van der Waals surface area contributed by atoms with E-state index in [1.165, 1.54) is 0 Å². The summed E-state index contributed by atoms with van der Waals surface area (Å²) in [7, 11) is 1.71. The lowest BCUT2D eigenvalue weighted by Crippen LogP contribution is -2.52. The standard InChI is InChI=1S/C17H24N6O2/c1-18-16(20-10-15(25)22-13-4-2-6-19-9-13)23-7-3-5-17(12-23)8-14(24)21-11-17/h2,4,6,9H,3,5,7-8,10-12H2,1H3,(H,18,20)(H,21,24)(H,22,25). The van der Waals surface area contributed by atoms with Crippen molar-refractivity contribution < 1.29 is 9.59 Å². The third-order valence-electron chi connectivity index (χ3n) is 4.72. The fraction of sp³-hybridized carbons (Fsp3) is 0.529. The molecule has 3 N–H and O–H groups in total. The molecule has 1 unspecified atom stereocenters. The van der Waals surface area contributed by atoms with Crippen LogP contribution in [0.25, 0.3) is 0 Å². The summed E-state index contributed by atoms with van der Waals surface area (Å²) in [6.45, 7) is 2.50. The highest BCUT2D eigenvalue weighted by molar-refractivity contribution is 5.94. The zero-order chi connectivity index (χ0) is 17.7. The molecule has 134 valence electrons. The van der Waals surface area contributed by atoms with Gasteiger partial charge in [0, 0.05) is 44.7 Å². The molecule has 1 aromatic heterocycles. The molecule has 1 aromatic rings. The second-order valence-corrected chi connectivity index (χ2v) is 6.67. The van der Waals surface area contributed by atoms with Crippen LogP contribution in [0.15, 0.2) is 29.5 Å². The van der Waals surface area contributed by atoms with Crippen molar-refractivity contribution in [1.29, 1.82) is 0 Å². The highest BCUT2D eigenvalue weighted by atomic mass is 16.2. The van der Waals surface area contributed by atoms with Gasteiger partial charge < -0.3 is 20.9 Å². The molecule has 2 amide bonds. The van der Waals surface area contributed by atoms with Crippen molar-refractivity contribution in [3.63, 3.8) is 0 Å². The van der Waals surface area contributed by atoms with Gasteiger partial charge in [0.1, 0.15) is 0 Å². The molecule has 0 aromatic carbocycles. The van der Waals surface area contributed by atoms with Crippen molar-refractivity contribution in [3.05, 3.63) is 24.5 Å². The average molecular weight is 344 g/mol. The van der Waals surface area contributed by atoms with Crippen LogP contribution in [0.5, 0.6) is 0 Å². The van der Waals surface area contributed by atoms with E-state index in [2.05, 4.69) is 30.8 Å². The summed E-state index contributed by atoms with van der Waals surface area (Å²) in [5.74, 6) is 0.666. The minimum absolute atomic E-state index is 0.00901. The van der Waals surface area contributed by atoms with E-state index in [9.17, 15) is 9.59 Å². The number of aromatic nitrogens is 1. The van der Waals surface area contributed by atoms with Crippen LogP contribution in [0, 0.1) is 5.41 Å². The quantitative estimate of drug-likeness (QED) is 0.537. The Labute approximate surface area is 147 Å². The lowest BCUT2D eigenvalue weighted by Gasteiger charge is -2.40. The molecule has 3 heterocycles. The van der Waals surface area contributed by atoms with Crippen molar-refractivity contribution in [1.82, 2.24) is 20.5 Å². The van der Waals surface area contributed by atoms with Gasteiger partial charge in [-0.3, -0.25) is 19.6 Å². The van der Waals surface area contributed by atoms with Crippen molar-refractivity contribution >= 4 is 23.5 Å². The summed E-state index contributed by atoms with van der Waals surface area (Å²) in [6.07, 6.45) is 5.88. The first-order chi connectivity index (χ1) is 12.1. The molecule has 2 aliphatic rings. The molecule has 0 bridgehead atoms. The number of amides is 2. The highest BCUT2D eigenvalue weighted by Crippen LogP contribution is 2.35. The van der Waals surface area contributed by atoms with E-state index in [1.54, 1.807) is 31.6 Å². The van der Waals surface area contributed by atoms with Crippen LogP contribution in [-0.4, -0.2) is 60.9 Å². The number of guanidine groups is 1. The Kier molecular flexibility index (Phi) is 5.16. The Balaban J connectivity index is 1.54. The molecule has 0 aliphatic carbocycles. The van der Waals surface area contributed by atoms with Gasteiger partial charge in [-0.1, -0.05) is 0 Å². The van der Waals surface area contributed by atoms with Gasteiger partial charge >= 0.3 is 0 Å². The molecule has 3 rings (SSSR count). The Morgan fingerprint density at radius 3 is 3.08 bits per heavy atom. The summed E-state index contributed by atoms with van der Waals surface area (Å²) in [4.78, 5) is 34.1. The number of nitrogens with zero attached hydrogens (tertiary/aromatic N) is 3. The number of aliphatic imine (C=N–C) groups is 1. The van der Waals surface area contributed by atoms with Gasteiger partial charge in [0.05, 0.1) is 18.4 Å². The number of carbonyl (C=O) groups excluding carboxylic acids is 2. The maximum Gasteiger partial charge on any atom is 0.243 e. The Morgan fingerprint density at radius 2 is 2.40 bits per heavy atom. The lowest BCUT2D eigenvalue weighted by atomic mass is 9.79. The maximum absolute atomic E-state index is 12.1. The average Bonchev–Trinajstić information content (AvgIpc) is 2.96. The van der Waals surface area contributed by atoms with Crippen molar-refractivity contribution in [2.45, 2.75) is 19.3 Å². The molecular weight excluding hydrogens is 320 g/mol. The zero-order valence-corrected chi connectivity index (χ0v) is 14.4. The molecular formula is C17H24N6O2. The third kappa shape index (κ3) is 4.26. The van der Waals surface area contributed by atoms with Gasteiger partial charge in [-0.15, -0.1) is 0 Å². The highest BCUT2D eigenvalue weighted by Gasteiger charge is 2.42. The molecule has 2 saturated heterocycles. The van der Waals surface area contributed by atoms with Crippen LogP contribution in [-0.2, 0) is 9.59 Å². The van der Waals surface area contributed by atoms with Gasteiger partial charge in [0.25, 0.3) is 0 Å². The summed E-state index contributed by atoms with van der Waals surface area (Å²) in [5, 5.41) is 8.84. The van der Waals surface area contributed by atoms with Crippen molar-refractivity contribution in [2.75, 3.05) is 38.5 Å². The second-order valence-electron chi connectivity index (χ2n) is 6.67. The van der Waals surface area contributed by atoms with Crippen molar-refractivity contribution in [3.8, 4) is 0 Å². The predicted octanol–water partition coefficient (Wildman–Crippen LogP) is 0.198. The van der Waals surface area contributed by atoms with E-state index >= 15 is 0 Å². The third-order valence-corrected chi connectivity index (χ3v) is 4.72. The van der Waals surface area contributed by atoms with Crippen LogP contribution in [0.3, 0.4) is 0 Å². The van der Waals surface area contributed by atoms with Gasteiger partial charge in [-0.25, -0.2) is 0 Å². The molecule has 2 aliphatic heterocycles. The first kappa shape index (κ1) is 17.2. The smallest absolute Gasteiger partial charge is 0.243 e. The number of piperidine rings is 1. The summed E-state index contributed by atoms with van der Waals surface area (Å²) in [6, 6.07) is 3.56.